The molecule has 2 rings (SSSR count). The number of hydrogen-bond acceptors (Lipinski definition) is 1. The van der Waals surface area contributed by atoms with Gasteiger partial charge in [-0.2, -0.15) is 0 Å². The monoisotopic (exact) mass is 171 g/mol. The molecule has 0 amide bonds. The molecule has 1 saturated heterocycles. The van der Waals surface area contributed by atoms with Crippen LogP contribution in [0.3, 0.4) is 0 Å². The van der Waals surface area contributed by atoms with Crippen LogP contribution in [0.5, 0.6) is 0 Å². The number of likely N-dealkylation sites (tertiary alicyclic amines) is 1. The first-order chi connectivity index (χ1) is 5.79. The predicted molar refractivity (Wildman–Crippen MR) is 47.6 cm³/mol. The molecule has 3 unspecified atom stereocenters. The first-order valence-electron chi connectivity index (χ1n) is 5.15. The van der Waals surface area contributed by atoms with E-state index in [4.69, 9.17) is 0 Å². The molecule has 2 heteroatoms. The maximum atomic E-state index is 13.3. The van der Waals surface area contributed by atoms with Crippen LogP contribution < -0.4 is 0 Å². The molecule has 0 N–H and O–H groups in total. The van der Waals surface area contributed by atoms with Crippen molar-refractivity contribution in [3.63, 3.8) is 0 Å². The molecule has 1 aliphatic carbocycles. The van der Waals surface area contributed by atoms with Crippen molar-refractivity contribution >= 4 is 0 Å². The van der Waals surface area contributed by atoms with Gasteiger partial charge in [-0.1, -0.05) is 12.8 Å². The summed E-state index contributed by atoms with van der Waals surface area (Å²) in [6, 6.07) is 0.558. The highest BCUT2D eigenvalue weighted by Gasteiger charge is 2.35. The van der Waals surface area contributed by atoms with Crippen molar-refractivity contribution in [1.29, 1.82) is 0 Å². The SMILES string of the molecule is CN1C(F)CCC2CCCCC21. The molecule has 70 valence electrons. The zero-order valence-corrected chi connectivity index (χ0v) is 7.80. The summed E-state index contributed by atoms with van der Waals surface area (Å²) >= 11 is 0. The molecule has 1 heterocycles. The van der Waals surface area contributed by atoms with Crippen LogP contribution >= 0.6 is 0 Å². The third kappa shape index (κ3) is 1.37. The third-order valence-corrected chi connectivity index (χ3v) is 3.61. The van der Waals surface area contributed by atoms with Gasteiger partial charge in [-0.15, -0.1) is 0 Å². The Kier molecular flexibility index (Phi) is 2.35. The molecular weight excluding hydrogens is 153 g/mol. The van der Waals surface area contributed by atoms with Crippen molar-refractivity contribution in [2.75, 3.05) is 7.05 Å². The number of piperidine rings is 1. The third-order valence-electron chi connectivity index (χ3n) is 3.61. The Bertz CT molecular complexity index is 158. The fourth-order valence-electron chi connectivity index (χ4n) is 2.82. The number of nitrogens with zero attached hydrogens (tertiary/aromatic N) is 1. The van der Waals surface area contributed by atoms with Gasteiger partial charge >= 0.3 is 0 Å². The van der Waals surface area contributed by atoms with Gasteiger partial charge in [0.05, 0.1) is 0 Å². The van der Waals surface area contributed by atoms with Crippen LogP contribution in [-0.2, 0) is 0 Å². The Labute approximate surface area is 73.9 Å². The minimum absolute atomic E-state index is 0.558. The van der Waals surface area contributed by atoms with Crippen LogP contribution in [0.1, 0.15) is 38.5 Å². The highest BCUT2D eigenvalue weighted by Crippen LogP contribution is 2.36. The molecule has 2 aliphatic rings. The summed E-state index contributed by atoms with van der Waals surface area (Å²) in [6.45, 7) is 0. The number of fused-ring (bicyclic) bond motifs is 1. The molecule has 1 saturated carbocycles. The summed E-state index contributed by atoms with van der Waals surface area (Å²) < 4.78 is 13.3. The van der Waals surface area contributed by atoms with Crippen molar-refractivity contribution in [2.24, 2.45) is 5.92 Å². The Morgan fingerprint density at radius 1 is 1.08 bits per heavy atom. The van der Waals surface area contributed by atoms with E-state index in [1.54, 1.807) is 0 Å². The molecule has 0 aromatic rings. The summed E-state index contributed by atoms with van der Waals surface area (Å²) in [7, 11) is 1.95. The van der Waals surface area contributed by atoms with E-state index in [0.717, 1.165) is 18.8 Å². The van der Waals surface area contributed by atoms with Gasteiger partial charge in [0.1, 0.15) is 0 Å². The number of rotatable bonds is 0. The van der Waals surface area contributed by atoms with Crippen molar-refractivity contribution < 1.29 is 4.39 Å². The maximum absolute atomic E-state index is 13.3. The normalized spacial score (nSPS) is 44.0. The molecule has 0 bridgehead atoms. The van der Waals surface area contributed by atoms with Crippen LogP contribution in [0, 0.1) is 5.92 Å². The molecule has 0 spiro atoms. The van der Waals surface area contributed by atoms with Crippen LogP contribution in [0.2, 0.25) is 0 Å². The second-order valence-electron chi connectivity index (χ2n) is 4.29. The Balaban J connectivity index is 2.03. The molecule has 3 atom stereocenters. The van der Waals surface area contributed by atoms with Crippen molar-refractivity contribution in [3.05, 3.63) is 0 Å². The zero-order chi connectivity index (χ0) is 8.55. The molecule has 12 heavy (non-hydrogen) atoms. The highest BCUT2D eigenvalue weighted by atomic mass is 19.1. The van der Waals surface area contributed by atoms with Gasteiger partial charge in [0.2, 0.25) is 0 Å². The van der Waals surface area contributed by atoms with E-state index in [0.29, 0.717) is 6.04 Å². The Morgan fingerprint density at radius 2 is 1.83 bits per heavy atom. The maximum Gasteiger partial charge on any atom is 0.153 e. The first kappa shape index (κ1) is 8.49. The zero-order valence-electron chi connectivity index (χ0n) is 7.80. The quantitative estimate of drug-likeness (QED) is 0.506. The van der Waals surface area contributed by atoms with Gasteiger partial charge in [0, 0.05) is 6.04 Å². The Hall–Kier alpha value is -0.110. The predicted octanol–water partition coefficient (Wildman–Crippen LogP) is 2.57. The largest absolute Gasteiger partial charge is 0.274 e. The van der Waals surface area contributed by atoms with Crippen LogP contribution in [0.15, 0.2) is 0 Å². The van der Waals surface area contributed by atoms with E-state index in [9.17, 15) is 4.39 Å². The number of halogens is 1. The lowest BCUT2D eigenvalue weighted by Gasteiger charge is -2.43. The smallest absolute Gasteiger partial charge is 0.153 e. The minimum atomic E-state index is -0.663. The lowest BCUT2D eigenvalue weighted by Crippen LogP contribution is -2.48. The topological polar surface area (TPSA) is 3.24 Å². The van der Waals surface area contributed by atoms with E-state index in [2.05, 4.69) is 0 Å². The summed E-state index contributed by atoms with van der Waals surface area (Å²) in [5.74, 6) is 0.802. The molecule has 2 fully saturated rings. The van der Waals surface area contributed by atoms with Gasteiger partial charge in [0.15, 0.2) is 6.30 Å². The summed E-state index contributed by atoms with van der Waals surface area (Å²) in [4.78, 5) is 1.97. The average Bonchev–Trinajstić information content (AvgIpc) is 2.12. The molecule has 0 radical (unpaired) electrons. The van der Waals surface area contributed by atoms with Gasteiger partial charge in [-0.25, -0.2) is 4.39 Å². The van der Waals surface area contributed by atoms with Crippen LogP contribution in [-0.4, -0.2) is 24.3 Å². The minimum Gasteiger partial charge on any atom is -0.274 e. The summed E-state index contributed by atoms with van der Waals surface area (Å²) in [6.07, 6.45) is 6.45. The Morgan fingerprint density at radius 3 is 2.67 bits per heavy atom. The van der Waals surface area contributed by atoms with E-state index in [-0.39, 0.29) is 0 Å². The van der Waals surface area contributed by atoms with Gasteiger partial charge in [-0.3, -0.25) is 4.90 Å². The van der Waals surface area contributed by atoms with Gasteiger partial charge in [0.25, 0.3) is 0 Å². The average molecular weight is 171 g/mol. The van der Waals surface area contributed by atoms with Crippen molar-refractivity contribution in [2.45, 2.75) is 50.9 Å². The fraction of sp³-hybridized carbons (Fsp3) is 1.00. The fourth-order valence-corrected chi connectivity index (χ4v) is 2.82. The molecule has 1 nitrogen and oxygen atoms in total. The van der Waals surface area contributed by atoms with E-state index >= 15 is 0 Å². The van der Waals surface area contributed by atoms with Crippen molar-refractivity contribution in [3.8, 4) is 0 Å². The first-order valence-corrected chi connectivity index (χ1v) is 5.15. The van der Waals surface area contributed by atoms with Crippen molar-refractivity contribution in [1.82, 2.24) is 4.90 Å². The molecule has 1 aliphatic heterocycles. The number of alkyl halides is 1. The second kappa shape index (κ2) is 3.33. The van der Waals surface area contributed by atoms with E-state index in [1.807, 2.05) is 11.9 Å². The summed E-state index contributed by atoms with van der Waals surface area (Å²) in [5.41, 5.74) is 0. The number of hydrogen-bond donors (Lipinski definition) is 0. The second-order valence-corrected chi connectivity index (χ2v) is 4.29. The highest BCUT2D eigenvalue weighted by molar-refractivity contribution is 4.87. The molecule has 0 aromatic carbocycles. The lowest BCUT2D eigenvalue weighted by atomic mass is 9.78. The van der Waals surface area contributed by atoms with Crippen LogP contribution in [0.25, 0.3) is 0 Å². The standard InChI is InChI=1S/C10H18FN/c1-12-9-5-3-2-4-8(9)6-7-10(12)11/h8-10H,2-7H2,1H3. The molecular formula is C10H18FN. The van der Waals surface area contributed by atoms with Gasteiger partial charge in [-0.05, 0) is 38.6 Å². The molecule has 0 aromatic heterocycles. The van der Waals surface area contributed by atoms with E-state index < -0.39 is 6.30 Å². The summed E-state index contributed by atoms with van der Waals surface area (Å²) in [5, 5.41) is 0. The van der Waals surface area contributed by atoms with Crippen LogP contribution in [0.4, 0.5) is 4.39 Å². The van der Waals surface area contributed by atoms with Gasteiger partial charge < -0.3 is 0 Å². The lowest BCUT2D eigenvalue weighted by molar-refractivity contribution is -0.0244. The van der Waals surface area contributed by atoms with E-state index in [1.165, 1.54) is 25.7 Å².